The van der Waals surface area contributed by atoms with Crippen LogP contribution < -0.4 is 0 Å². The number of hydrogen-bond donors (Lipinski definition) is 2. The van der Waals surface area contributed by atoms with Gasteiger partial charge in [-0.3, -0.25) is 0 Å². The summed E-state index contributed by atoms with van der Waals surface area (Å²) in [5.74, 6) is -0.0522. The fourth-order valence-electron chi connectivity index (χ4n) is 1.38. The molecule has 0 atom stereocenters. The van der Waals surface area contributed by atoms with Gasteiger partial charge in [0.1, 0.15) is 0 Å². The molecule has 0 amide bonds. The Morgan fingerprint density at radius 2 is 1.64 bits per heavy atom. The molecule has 1 saturated carbocycles. The van der Waals surface area contributed by atoms with Crippen molar-refractivity contribution in [3.63, 3.8) is 0 Å². The molecule has 0 bridgehead atoms. The van der Waals surface area contributed by atoms with E-state index in [-0.39, 0.29) is 16.9 Å². The smallest absolute Gasteiger partial charge is 0.157 e. The second-order valence-corrected chi connectivity index (χ2v) is 3.76. The zero-order valence-electron chi connectivity index (χ0n) is 9.04. The first-order chi connectivity index (χ1) is 6.62. The van der Waals surface area contributed by atoms with Crippen LogP contribution in [0.5, 0.6) is 11.5 Å². The van der Waals surface area contributed by atoms with E-state index in [9.17, 15) is 5.11 Å². The van der Waals surface area contributed by atoms with Gasteiger partial charge >= 0.3 is 0 Å². The summed E-state index contributed by atoms with van der Waals surface area (Å²) in [5, 5.41) is 18.3. The number of aromatic hydroxyl groups is 2. The predicted molar refractivity (Wildman–Crippen MR) is 57.7 cm³/mol. The highest BCUT2D eigenvalue weighted by Gasteiger charge is 2.39. The molecule has 1 fully saturated rings. The molecule has 0 radical (unpaired) electrons. The second kappa shape index (κ2) is 3.91. The van der Waals surface area contributed by atoms with E-state index in [1.807, 2.05) is 19.9 Å². The highest BCUT2D eigenvalue weighted by Crippen LogP contribution is 2.48. The van der Waals surface area contributed by atoms with E-state index in [4.69, 9.17) is 5.11 Å². The lowest BCUT2D eigenvalue weighted by molar-refractivity contribution is 0.402. The lowest BCUT2D eigenvalue weighted by atomic mass is 9.98. The molecule has 0 aromatic heterocycles. The van der Waals surface area contributed by atoms with Gasteiger partial charge in [-0.05, 0) is 36.0 Å². The maximum absolute atomic E-state index is 9.24. The highest BCUT2D eigenvalue weighted by atomic mass is 16.3. The van der Waals surface area contributed by atoms with Crippen molar-refractivity contribution in [2.45, 2.75) is 39.0 Å². The Kier molecular flexibility index (Phi) is 3.04. The Morgan fingerprint density at radius 3 is 2.07 bits per heavy atom. The van der Waals surface area contributed by atoms with Crippen LogP contribution in [0.2, 0.25) is 0 Å². The first kappa shape index (κ1) is 10.9. The normalized spacial score (nSPS) is 16.8. The van der Waals surface area contributed by atoms with Gasteiger partial charge in [0.25, 0.3) is 0 Å². The standard InChI is InChI=1S/C10H12O2.C2H6/c1-10(4-5-10)7-2-3-8(11)9(12)6-7;1-2/h2-3,6,11-12H,4-5H2,1H3;1-2H3. The third kappa shape index (κ3) is 2.00. The van der Waals surface area contributed by atoms with Crippen LogP contribution in [-0.4, -0.2) is 10.2 Å². The van der Waals surface area contributed by atoms with E-state index >= 15 is 0 Å². The zero-order chi connectivity index (χ0) is 10.8. The molecular formula is C12H18O2. The van der Waals surface area contributed by atoms with Gasteiger partial charge in [-0.1, -0.05) is 26.8 Å². The number of phenols is 2. The van der Waals surface area contributed by atoms with Gasteiger partial charge in [0.15, 0.2) is 11.5 Å². The van der Waals surface area contributed by atoms with Gasteiger partial charge in [-0.25, -0.2) is 0 Å². The number of rotatable bonds is 1. The Morgan fingerprint density at radius 1 is 1.07 bits per heavy atom. The van der Waals surface area contributed by atoms with Crippen LogP contribution in [-0.2, 0) is 5.41 Å². The van der Waals surface area contributed by atoms with E-state index < -0.39 is 0 Å². The molecule has 0 aliphatic heterocycles. The van der Waals surface area contributed by atoms with Gasteiger partial charge < -0.3 is 10.2 Å². The Bertz CT molecular complexity index is 314. The SMILES string of the molecule is CC.CC1(c2ccc(O)c(O)c2)CC1. The van der Waals surface area contributed by atoms with Gasteiger partial charge in [-0.15, -0.1) is 0 Å². The van der Waals surface area contributed by atoms with E-state index in [1.54, 1.807) is 12.1 Å². The van der Waals surface area contributed by atoms with Crippen molar-refractivity contribution in [3.05, 3.63) is 23.8 Å². The van der Waals surface area contributed by atoms with Crippen LogP contribution in [0, 0.1) is 0 Å². The maximum atomic E-state index is 9.24. The van der Waals surface area contributed by atoms with Gasteiger partial charge in [0.2, 0.25) is 0 Å². The third-order valence-corrected chi connectivity index (χ3v) is 2.67. The minimum atomic E-state index is -0.0389. The molecule has 0 saturated heterocycles. The largest absolute Gasteiger partial charge is 0.504 e. The van der Waals surface area contributed by atoms with Gasteiger partial charge in [-0.2, -0.15) is 0 Å². The molecule has 2 rings (SSSR count). The van der Waals surface area contributed by atoms with Gasteiger partial charge in [0.05, 0.1) is 0 Å². The summed E-state index contributed by atoms with van der Waals surface area (Å²) in [6.45, 7) is 6.17. The number of phenolic OH excluding ortho intramolecular Hbond substituents is 2. The molecule has 2 nitrogen and oxygen atoms in total. The quantitative estimate of drug-likeness (QED) is 0.674. The molecule has 0 heterocycles. The molecule has 78 valence electrons. The lowest BCUT2D eigenvalue weighted by Crippen LogP contribution is -1.98. The Hall–Kier alpha value is -1.18. The van der Waals surface area contributed by atoms with E-state index in [1.165, 1.54) is 12.8 Å². The third-order valence-electron chi connectivity index (χ3n) is 2.67. The molecule has 1 aliphatic rings. The van der Waals surface area contributed by atoms with Crippen molar-refractivity contribution in [1.29, 1.82) is 0 Å². The average molecular weight is 194 g/mol. The maximum Gasteiger partial charge on any atom is 0.157 e. The van der Waals surface area contributed by atoms with E-state index in [0.717, 1.165) is 5.56 Å². The van der Waals surface area contributed by atoms with Crippen LogP contribution in [0.1, 0.15) is 39.2 Å². The number of hydrogen-bond acceptors (Lipinski definition) is 2. The summed E-state index contributed by atoms with van der Waals surface area (Å²) >= 11 is 0. The summed E-state index contributed by atoms with van der Waals surface area (Å²) in [7, 11) is 0. The minimum Gasteiger partial charge on any atom is -0.504 e. The van der Waals surface area contributed by atoms with Crippen LogP contribution >= 0.6 is 0 Å². The molecule has 1 aromatic rings. The second-order valence-electron chi connectivity index (χ2n) is 3.76. The average Bonchev–Trinajstić information content (AvgIpc) is 2.93. The Labute approximate surface area is 85.2 Å². The molecule has 2 heteroatoms. The van der Waals surface area contributed by atoms with Crippen molar-refractivity contribution < 1.29 is 10.2 Å². The highest BCUT2D eigenvalue weighted by molar-refractivity contribution is 5.44. The van der Waals surface area contributed by atoms with Crippen LogP contribution in [0.25, 0.3) is 0 Å². The van der Waals surface area contributed by atoms with E-state index in [0.29, 0.717) is 0 Å². The van der Waals surface area contributed by atoms with Gasteiger partial charge in [0, 0.05) is 0 Å². The molecule has 2 N–H and O–H groups in total. The molecule has 14 heavy (non-hydrogen) atoms. The zero-order valence-corrected chi connectivity index (χ0v) is 9.04. The van der Waals surface area contributed by atoms with Crippen LogP contribution in [0.15, 0.2) is 18.2 Å². The van der Waals surface area contributed by atoms with E-state index in [2.05, 4.69) is 6.92 Å². The number of benzene rings is 1. The van der Waals surface area contributed by atoms with Crippen molar-refractivity contribution in [2.24, 2.45) is 0 Å². The molecule has 1 aliphatic carbocycles. The van der Waals surface area contributed by atoms with Crippen LogP contribution in [0.4, 0.5) is 0 Å². The topological polar surface area (TPSA) is 40.5 Å². The molecule has 0 spiro atoms. The molecule has 0 unspecified atom stereocenters. The van der Waals surface area contributed by atoms with Crippen molar-refractivity contribution in [2.75, 3.05) is 0 Å². The van der Waals surface area contributed by atoms with Crippen LogP contribution in [0.3, 0.4) is 0 Å². The summed E-state index contributed by atoms with van der Waals surface area (Å²) < 4.78 is 0. The first-order valence-corrected chi connectivity index (χ1v) is 5.14. The van der Waals surface area contributed by atoms with Crippen molar-refractivity contribution in [1.82, 2.24) is 0 Å². The fourth-order valence-corrected chi connectivity index (χ4v) is 1.38. The summed E-state index contributed by atoms with van der Waals surface area (Å²) in [5.41, 5.74) is 1.38. The Balaban J connectivity index is 0.000000461. The molecular weight excluding hydrogens is 176 g/mol. The predicted octanol–water partition coefficient (Wildman–Crippen LogP) is 3.18. The summed E-state index contributed by atoms with van der Waals surface area (Å²) in [6.07, 6.45) is 2.36. The first-order valence-electron chi connectivity index (χ1n) is 5.14. The lowest BCUT2D eigenvalue weighted by Gasteiger charge is -2.08. The fraction of sp³-hybridized carbons (Fsp3) is 0.500. The monoisotopic (exact) mass is 194 g/mol. The summed E-state index contributed by atoms with van der Waals surface area (Å²) in [6, 6.07) is 5.08. The van der Waals surface area contributed by atoms with Crippen molar-refractivity contribution >= 4 is 0 Å². The summed E-state index contributed by atoms with van der Waals surface area (Å²) in [4.78, 5) is 0. The minimum absolute atomic E-state index is 0.0133. The van der Waals surface area contributed by atoms with Crippen molar-refractivity contribution in [3.8, 4) is 11.5 Å². The molecule has 1 aromatic carbocycles.